The van der Waals surface area contributed by atoms with Crippen LogP contribution in [0.1, 0.15) is 29.6 Å². The molecule has 2 aromatic carbocycles. The van der Waals surface area contributed by atoms with Crippen molar-refractivity contribution >= 4 is 11.8 Å². The molecule has 2 aliphatic heterocycles. The van der Waals surface area contributed by atoms with Gasteiger partial charge < -0.3 is 14.5 Å². The Morgan fingerprint density at radius 3 is 2.33 bits per heavy atom. The third-order valence-corrected chi connectivity index (χ3v) is 7.04. The first-order valence-corrected chi connectivity index (χ1v) is 12.7. The first-order chi connectivity index (χ1) is 17.6. The van der Waals surface area contributed by atoms with Crippen molar-refractivity contribution in [1.29, 1.82) is 0 Å². The Balaban J connectivity index is 1.33. The molecule has 2 amide bonds. The van der Waals surface area contributed by atoms with Gasteiger partial charge in [0.2, 0.25) is 5.91 Å². The van der Waals surface area contributed by atoms with E-state index < -0.39 is 0 Å². The smallest absolute Gasteiger partial charge is 0.257 e. The molecular weight excluding hydrogens is 454 g/mol. The number of hydrogen-bond acceptors (Lipinski definition) is 5. The van der Waals surface area contributed by atoms with Gasteiger partial charge in [-0.25, -0.2) is 4.68 Å². The van der Waals surface area contributed by atoms with Crippen LogP contribution in [0.4, 0.5) is 0 Å². The molecule has 3 heterocycles. The van der Waals surface area contributed by atoms with Crippen molar-refractivity contribution in [1.82, 2.24) is 24.5 Å². The number of aromatic nitrogens is 2. The Labute approximate surface area is 212 Å². The van der Waals surface area contributed by atoms with Gasteiger partial charge in [-0.2, -0.15) is 5.10 Å². The quantitative estimate of drug-likeness (QED) is 0.534. The summed E-state index contributed by atoms with van der Waals surface area (Å²) in [5.41, 5.74) is 2.91. The number of piperazine rings is 1. The lowest BCUT2D eigenvalue weighted by atomic mass is 10.1. The molecule has 0 spiro atoms. The SMILES string of the molecule is COc1cccc(-c2nn(-c3ccccc3)cc2C(=O)N2CCN(CC(=O)N3CCCCC3)CC2)c1. The van der Waals surface area contributed by atoms with E-state index in [-0.39, 0.29) is 11.8 Å². The maximum absolute atomic E-state index is 13.7. The molecule has 0 unspecified atom stereocenters. The van der Waals surface area contributed by atoms with Gasteiger partial charge in [0.05, 0.1) is 24.9 Å². The zero-order chi connectivity index (χ0) is 24.9. The number of methoxy groups -OCH3 is 1. The molecule has 1 aromatic heterocycles. The van der Waals surface area contributed by atoms with Crippen molar-refractivity contribution < 1.29 is 14.3 Å². The van der Waals surface area contributed by atoms with Crippen molar-refractivity contribution in [3.63, 3.8) is 0 Å². The van der Waals surface area contributed by atoms with E-state index in [9.17, 15) is 9.59 Å². The Morgan fingerprint density at radius 1 is 0.861 bits per heavy atom. The number of piperidine rings is 1. The zero-order valence-corrected chi connectivity index (χ0v) is 20.8. The van der Waals surface area contributed by atoms with Crippen molar-refractivity contribution in [2.24, 2.45) is 0 Å². The molecular formula is C28H33N5O3. The van der Waals surface area contributed by atoms with Crippen LogP contribution in [0.15, 0.2) is 60.8 Å². The molecule has 5 rings (SSSR count). The Kier molecular flexibility index (Phi) is 7.32. The number of hydrogen-bond donors (Lipinski definition) is 0. The number of likely N-dealkylation sites (tertiary alicyclic amines) is 1. The fourth-order valence-electron chi connectivity index (χ4n) is 4.94. The van der Waals surface area contributed by atoms with Crippen LogP contribution in [0, 0.1) is 0 Å². The number of ether oxygens (including phenoxy) is 1. The minimum Gasteiger partial charge on any atom is -0.497 e. The second-order valence-electron chi connectivity index (χ2n) is 9.41. The molecule has 8 nitrogen and oxygen atoms in total. The fourth-order valence-corrected chi connectivity index (χ4v) is 4.94. The molecule has 2 saturated heterocycles. The van der Waals surface area contributed by atoms with E-state index in [0.29, 0.717) is 49.7 Å². The molecule has 0 saturated carbocycles. The predicted molar refractivity (Wildman–Crippen MR) is 138 cm³/mol. The second kappa shape index (κ2) is 11.0. The van der Waals surface area contributed by atoms with E-state index in [1.807, 2.05) is 70.6 Å². The first kappa shape index (κ1) is 24.1. The number of carbonyl (C=O) groups excluding carboxylic acids is 2. The predicted octanol–water partition coefficient (Wildman–Crippen LogP) is 3.32. The number of carbonyl (C=O) groups is 2. The lowest BCUT2D eigenvalue weighted by Gasteiger charge is -2.36. The van der Waals surface area contributed by atoms with E-state index in [1.54, 1.807) is 11.8 Å². The van der Waals surface area contributed by atoms with Gasteiger partial charge >= 0.3 is 0 Å². The van der Waals surface area contributed by atoms with Gasteiger partial charge in [0.1, 0.15) is 11.4 Å². The van der Waals surface area contributed by atoms with E-state index in [1.165, 1.54) is 6.42 Å². The standard InChI is InChI=1S/C28H33N5O3/c1-36-24-12-8-9-22(19-24)27-25(20-33(29-27)23-10-4-2-5-11-23)28(35)32-17-15-30(16-18-32)21-26(34)31-13-6-3-7-14-31/h2,4-5,8-12,19-20H,3,6-7,13-18,21H2,1H3. The molecule has 2 aliphatic rings. The summed E-state index contributed by atoms with van der Waals surface area (Å²) >= 11 is 0. The van der Waals surface area contributed by atoms with Gasteiger partial charge in [0.15, 0.2) is 0 Å². The van der Waals surface area contributed by atoms with E-state index in [0.717, 1.165) is 37.2 Å². The highest BCUT2D eigenvalue weighted by Crippen LogP contribution is 2.28. The van der Waals surface area contributed by atoms with Gasteiger partial charge in [-0.15, -0.1) is 0 Å². The van der Waals surface area contributed by atoms with Crippen LogP contribution in [0.25, 0.3) is 16.9 Å². The molecule has 0 radical (unpaired) electrons. The van der Waals surface area contributed by atoms with Gasteiger partial charge in [-0.05, 0) is 43.5 Å². The normalized spacial score (nSPS) is 16.7. The summed E-state index contributed by atoms with van der Waals surface area (Å²) in [6, 6.07) is 17.4. The minimum absolute atomic E-state index is 0.0444. The largest absolute Gasteiger partial charge is 0.497 e. The molecule has 8 heteroatoms. The first-order valence-electron chi connectivity index (χ1n) is 12.7. The summed E-state index contributed by atoms with van der Waals surface area (Å²) in [4.78, 5) is 32.4. The van der Waals surface area contributed by atoms with Crippen LogP contribution < -0.4 is 4.74 Å². The summed E-state index contributed by atoms with van der Waals surface area (Å²) in [6.07, 6.45) is 5.22. The van der Waals surface area contributed by atoms with Crippen molar-refractivity contribution in [3.8, 4) is 22.7 Å². The molecule has 0 aliphatic carbocycles. The average Bonchev–Trinajstić information content (AvgIpc) is 3.40. The average molecular weight is 488 g/mol. The van der Waals surface area contributed by atoms with E-state index >= 15 is 0 Å². The van der Waals surface area contributed by atoms with Gasteiger partial charge in [-0.1, -0.05) is 30.3 Å². The van der Waals surface area contributed by atoms with Crippen LogP contribution in [0.5, 0.6) is 5.75 Å². The van der Waals surface area contributed by atoms with Crippen LogP contribution in [-0.4, -0.2) is 89.2 Å². The Morgan fingerprint density at radius 2 is 1.61 bits per heavy atom. The highest BCUT2D eigenvalue weighted by Gasteiger charge is 2.28. The van der Waals surface area contributed by atoms with Crippen molar-refractivity contribution in [3.05, 3.63) is 66.4 Å². The maximum Gasteiger partial charge on any atom is 0.257 e. The summed E-state index contributed by atoms with van der Waals surface area (Å²) in [6.45, 7) is 4.72. The Hall–Kier alpha value is -3.65. The van der Waals surface area contributed by atoms with Crippen LogP contribution in [0.2, 0.25) is 0 Å². The van der Waals surface area contributed by atoms with Crippen LogP contribution in [-0.2, 0) is 4.79 Å². The van der Waals surface area contributed by atoms with Crippen molar-refractivity contribution in [2.75, 3.05) is 52.9 Å². The maximum atomic E-state index is 13.7. The topological polar surface area (TPSA) is 70.9 Å². The monoisotopic (exact) mass is 487 g/mol. The minimum atomic E-state index is -0.0444. The van der Waals surface area contributed by atoms with E-state index in [4.69, 9.17) is 9.84 Å². The van der Waals surface area contributed by atoms with Gasteiger partial charge in [0, 0.05) is 51.0 Å². The third kappa shape index (κ3) is 5.28. The van der Waals surface area contributed by atoms with Crippen LogP contribution in [0.3, 0.4) is 0 Å². The fraction of sp³-hybridized carbons (Fsp3) is 0.393. The number of nitrogens with zero attached hydrogens (tertiary/aromatic N) is 5. The lowest BCUT2D eigenvalue weighted by molar-refractivity contribution is -0.133. The van der Waals surface area contributed by atoms with E-state index in [2.05, 4.69) is 4.90 Å². The highest BCUT2D eigenvalue weighted by molar-refractivity contribution is 6.00. The van der Waals surface area contributed by atoms with Crippen molar-refractivity contribution in [2.45, 2.75) is 19.3 Å². The zero-order valence-electron chi connectivity index (χ0n) is 20.8. The summed E-state index contributed by atoms with van der Waals surface area (Å²) in [5.74, 6) is 0.878. The van der Waals surface area contributed by atoms with Crippen LogP contribution >= 0.6 is 0 Å². The number of benzene rings is 2. The molecule has 3 aromatic rings. The second-order valence-corrected chi connectivity index (χ2v) is 9.41. The number of amides is 2. The molecule has 188 valence electrons. The van der Waals surface area contributed by atoms with Gasteiger partial charge in [0.25, 0.3) is 5.91 Å². The molecule has 0 N–H and O–H groups in total. The summed E-state index contributed by atoms with van der Waals surface area (Å²) in [5, 5.41) is 4.80. The van der Waals surface area contributed by atoms with Gasteiger partial charge in [-0.3, -0.25) is 14.5 Å². The molecule has 0 atom stereocenters. The number of rotatable bonds is 6. The number of para-hydroxylation sites is 1. The third-order valence-electron chi connectivity index (χ3n) is 7.04. The summed E-state index contributed by atoms with van der Waals surface area (Å²) < 4.78 is 7.16. The molecule has 0 bridgehead atoms. The molecule has 36 heavy (non-hydrogen) atoms. The summed E-state index contributed by atoms with van der Waals surface area (Å²) in [7, 11) is 1.63. The highest BCUT2D eigenvalue weighted by atomic mass is 16.5. The lowest BCUT2D eigenvalue weighted by Crippen LogP contribution is -2.52. The molecule has 2 fully saturated rings. The Bertz CT molecular complexity index is 1190.